The van der Waals surface area contributed by atoms with E-state index in [-0.39, 0.29) is 11.7 Å². The molecule has 0 spiro atoms. The monoisotopic (exact) mass is 410 g/mol. The Kier molecular flexibility index (Phi) is 3.67. The fourth-order valence-corrected chi connectivity index (χ4v) is 3.53. The first kappa shape index (κ1) is 14.4. The molecule has 21 heavy (non-hydrogen) atoms. The minimum atomic E-state index is -0.281. The number of furan rings is 1. The van der Waals surface area contributed by atoms with Gasteiger partial charge < -0.3 is 4.42 Å². The molecule has 2 aromatic heterocycles. The second kappa shape index (κ2) is 5.35. The molecule has 1 N–H and O–H groups in total. The number of carbonyl (C=O) groups excluding carboxylic acids is 1. The highest BCUT2D eigenvalue weighted by Crippen LogP contribution is 2.31. The van der Waals surface area contributed by atoms with E-state index < -0.39 is 0 Å². The first-order valence-electron chi connectivity index (χ1n) is 6.30. The Morgan fingerprint density at radius 3 is 2.48 bits per heavy atom. The smallest absolute Gasteiger partial charge is 0.305 e. The van der Waals surface area contributed by atoms with Gasteiger partial charge in [0.05, 0.1) is 4.47 Å². The van der Waals surface area contributed by atoms with Crippen molar-refractivity contribution >= 4 is 48.7 Å². The zero-order chi connectivity index (χ0) is 15.1. The summed E-state index contributed by atoms with van der Waals surface area (Å²) in [5.41, 5.74) is 5.40. The Morgan fingerprint density at radius 1 is 1.14 bits per heavy atom. The average Bonchev–Trinajstić information content (AvgIpc) is 2.97. The van der Waals surface area contributed by atoms with Crippen molar-refractivity contribution in [1.29, 1.82) is 0 Å². The van der Waals surface area contributed by atoms with E-state index in [9.17, 15) is 4.79 Å². The van der Waals surface area contributed by atoms with Crippen LogP contribution in [-0.2, 0) is 0 Å². The Hall–Kier alpha value is -1.53. The lowest BCUT2D eigenvalue weighted by Gasteiger charge is -2.09. The maximum absolute atomic E-state index is 12.3. The van der Waals surface area contributed by atoms with Gasteiger partial charge in [0.2, 0.25) is 0 Å². The summed E-state index contributed by atoms with van der Waals surface area (Å²) in [4.78, 5) is 12.3. The van der Waals surface area contributed by atoms with Crippen molar-refractivity contribution in [3.63, 3.8) is 0 Å². The molecule has 4 nitrogen and oxygen atoms in total. The van der Waals surface area contributed by atoms with Gasteiger partial charge in [-0.3, -0.25) is 14.9 Å². The number of carbonyl (C=O) groups is 1. The van der Waals surface area contributed by atoms with Crippen molar-refractivity contribution in [2.75, 3.05) is 5.43 Å². The quantitative estimate of drug-likeness (QED) is 0.660. The maximum Gasteiger partial charge on any atom is 0.305 e. The molecule has 0 aliphatic heterocycles. The van der Waals surface area contributed by atoms with Crippen LogP contribution >= 0.6 is 31.9 Å². The van der Waals surface area contributed by atoms with Crippen LogP contribution in [0.1, 0.15) is 21.9 Å². The van der Waals surface area contributed by atoms with E-state index in [1.54, 1.807) is 10.7 Å². The second-order valence-electron chi connectivity index (χ2n) is 4.81. The average molecular weight is 412 g/mol. The number of fused-ring (bicyclic) bond motifs is 1. The molecule has 1 aromatic carbocycles. The number of aromatic nitrogens is 1. The summed E-state index contributed by atoms with van der Waals surface area (Å²) in [6.07, 6.45) is 0. The van der Waals surface area contributed by atoms with E-state index in [0.29, 0.717) is 5.58 Å². The van der Waals surface area contributed by atoms with Crippen molar-refractivity contribution in [3.8, 4) is 0 Å². The predicted molar refractivity (Wildman–Crippen MR) is 89.2 cm³/mol. The molecule has 0 unspecified atom stereocenters. The van der Waals surface area contributed by atoms with Gasteiger partial charge in [-0.05, 0) is 60.1 Å². The zero-order valence-electron chi connectivity index (χ0n) is 11.4. The normalized spacial score (nSPS) is 11.0. The van der Waals surface area contributed by atoms with Crippen LogP contribution < -0.4 is 5.43 Å². The number of rotatable bonds is 2. The number of nitrogens with zero attached hydrogens (tertiary/aromatic N) is 1. The Morgan fingerprint density at radius 2 is 1.81 bits per heavy atom. The Bertz CT molecular complexity index is 829. The largest absolute Gasteiger partial charge is 0.450 e. The summed E-state index contributed by atoms with van der Waals surface area (Å²) >= 11 is 6.85. The van der Waals surface area contributed by atoms with Crippen molar-refractivity contribution in [2.45, 2.75) is 13.8 Å². The van der Waals surface area contributed by atoms with E-state index in [1.807, 2.05) is 38.1 Å². The molecule has 3 rings (SSSR count). The fourth-order valence-electron chi connectivity index (χ4n) is 2.19. The molecule has 108 valence electrons. The highest BCUT2D eigenvalue weighted by Gasteiger charge is 2.15. The molecular weight excluding hydrogens is 400 g/mol. The standard InChI is InChI=1S/C15H12Br2N2O2/c1-8-3-4-9(2)19(8)18-15(20)13-6-10-5-11(16)7-12(17)14(10)21-13/h3-7H,1-2H3,(H,18,20). The lowest BCUT2D eigenvalue weighted by Crippen LogP contribution is -2.24. The van der Waals surface area contributed by atoms with Gasteiger partial charge in [-0.25, -0.2) is 0 Å². The fraction of sp³-hybridized carbons (Fsp3) is 0.133. The molecule has 0 radical (unpaired) electrons. The van der Waals surface area contributed by atoms with Crippen LogP contribution in [0.5, 0.6) is 0 Å². The van der Waals surface area contributed by atoms with Gasteiger partial charge in [-0.2, -0.15) is 0 Å². The van der Waals surface area contributed by atoms with Crippen LogP contribution in [-0.4, -0.2) is 10.6 Å². The van der Waals surface area contributed by atoms with E-state index in [1.165, 1.54) is 0 Å². The van der Waals surface area contributed by atoms with Gasteiger partial charge in [0, 0.05) is 21.2 Å². The zero-order valence-corrected chi connectivity index (χ0v) is 14.6. The van der Waals surface area contributed by atoms with Gasteiger partial charge in [-0.1, -0.05) is 15.9 Å². The number of halogens is 2. The summed E-state index contributed by atoms with van der Waals surface area (Å²) in [7, 11) is 0. The van der Waals surface area contributed by atoms with E-state index in [2.05, 4.69) is 37.3 Å². The lowest BCUT2D eigenvalue weighted by atomic mass is 10.2. The number of hydrogen-bond donors (Lipinski definition) is 1. The molecule has 0 aliphatic rings. The van der Waals surface area contributed by atoms with Gasteiger partial charge >= 0.3 is 5.91 Å². The first-order chi connectivity index (χ1) is 9.95. The van der Waals surface area contributed by atoms with Crippen LogP contribution in [0.4, 0.5) is 0 Å². The lowest BCUT2D eigenvalue weighted by molar-refractivity contribution is 0.0982. The Balaban J connectivity index is 1.97. The summed E-state index contributed by atoms with van der Waals surface area (Å²) in [5.74, 6) is -0.00655. The van der Waals surface area contributed by atoms with E-state index in [4.69, 9.17) is 4.42 Å². The molecule has 0 saturated carbocycles. The number of hydrogen-bond acceptors (Lipinski definition) is 2. The second-order valence-corrected chi connectivity index (χ2v) is 6.58. The number of aryl methyl sites for hydroxylation is 2. The van der Waals surface area contributed by atoms with Gasteiger partial charge in [0.25, 0.3) is 0 Å². The summed E-state index contributed by atoms with van der Waals surface area (Å²) in [6.45, 7) is 3.86. The molecular formula is C15H12Br2N2O2. The van der Waals surface area contributed by atoms with E-state index >= 15 is 0 Å². The van der Waals surface area contributed by atoms with Crippen LogP contribution in [0.2, 0.25) is 0 Å². The van der Waals surface area contributed by atoms with Crippen molar-refractivity contribution in [2.24, 2.45) is 0 Å². The third-order valence-electron chi connectivity index (χ3n) is 3.24. The van der Waals surface area contributed by atoms with Crippen LogP contribution in [0.3, 0.4) is 0 Å². The highest BCUT2D eigenvalue weighted by molar-refractivity contribution is 9.11. The molecule has 0 aliphatic carbocycles. The van der Waals surface area contributed by atoms with Gasteiger partial charge in [0.15, 0.2) is 5.76 Å². The first-order valence-corrected chi connectivity index (χ1v) is 7.89. The molecule has 0 bridgehead atoms. The SMILES string of the molecule is Cc1ccc(C)n1NC(=O)c1cc2cc(Br)cc(Br)c2o1. The number of nitrogens with one attached hydrogen (secondary N) is 1. The molecule has 2 heterocycles. The Labute approximate surface area is 138 Å². The minimum absolute atomic E-state index is 0.274. The maximum atomic E-state index is 12.3. The molecule has 0 saturated heterocycles. The van der Waals surface area contributed by atoms with Gasteiger partial charge in [-0.15, -0.1) is 0 Å². The minimum Gasteiger partial charge on any atom is -0.450 e. The van der Waals surface area contributed by atoms with Crippen molar-refractivity contribution in [1.82, 2.24) is 4.68 Å². The third kappa shape index (κ3) is 2.65. The van der Waals surface area contributed by atoms with Crippen molar-refractivity contribution in [3.05, 3.63) is 56.4 Å². The molecule has 1 amide bonds. The topological polar surface area (TPSA) is 47.2 Å². The predicted octanol–water partition coefficient (Wildman–Crippen LogP) is 4.76. The summed E-state index contributed by atoms with van der Waals surface area (Å²) in [6, 6.07) is 9.42. The highest BCUT2D eigenvalue weighted by atomic mass is 79.9. The molecule has 0 atom stereocenters. The molecule has 6 heteroatoms. The van der Waals surface area contributed by atoms with Crippen molar-refractivity contribution < 1.29 is 9.21 Å². The molecule has 0 fully saturated rings. The summed E-state index contributed by atoms with van der Waals surface area (Å²) < 4.78 is 9.12. The van der Waals surface area contributed by atoms with Gasteiger partial charge in [0.1, 0.15) is 5.58 Å². The molecule has 3 aromatic rings. The number of benzene rings is 1. The number of amides is 1. The van der Waals surface area contributed by atoms with Crippen LogP contribution in [0, 0.1) is 13.8 Å². The van der Waals surface area contributed by atoms with Crippen LogP contribution in [0.25, 0.3) is 11.0 Å². The van der Waals surface area contributed by atoms with E-state index in [0.717, 1.165) is 25.7 Å². The summed E-state index contributed by atoms with van der Waals surface area (Å²) in [5, 5.41) is 0.863. The third-order valence-corrected chi connectivity index (χ3v) is 4.29. The van der Waals surface area contributed by atoms with Crippen LogP contribution in [0.15, 0.2) is 43.7 Å².